The van der Waals surface area contributed by atoms with E-state index in [0.717, 1.165) is 38.3 Å². The summed E-state index contributed by atoms with van der Waals surface area (Å²) in [4.78, 5) is 38.4. The van der Waals surface area contributed by atoms with Crippen molar-refractivity contribution in [3.8, 4) is 6.07 Å². The van der Waals surface area contributed by atoms with Crippen LogP contribution in [0.15, 0.2) is 29.1 Å². The fourth-order valence-electron chi connectivity index (χ4n) is 4.25. The number of rotatable bonds is 5. The van der Waals surface area contributed by atoms with Crippen LogP contribution in [0, 0.1) is 18.3 Å². The topological polar surface area (TPSA) is 102 Å². The fraction of sp³-hybridized carbons (Fsp3) is 0.417. The number of carbonyl (C=O) groups excluding carboxylic acids is 1. The molecular formula is C24H27N5O3S. The van der Waals surface area contributed by atoms with Crippen molar-refractivity contribution in [3.63, 3.8) is 0 Å². The fourth-order valence-corrected chi connectivity index (χ4v) is 5.34. The quantitative estimate of drug-likeness (QED) is 0.574. The van der Waals surface area contributed by atoms with E-state index >= 15 is 0 Å². The molecule has 8 nitrogen and oxygen atoms in total. The largest absolute Gasteiger partial charge is 0.462 e. The molecule has 1 saturated heterocycles. The molecule has 1 aliphatic heterocycles. The number of benzene rings is 1. The van der Waals surface area contributed by atoms with Crippen LogP contribution < -0.4 is 10.5 Å². The summed E-state index contributed by atoms with van der Waals surface area (Å²) in [5.41, 5.74) is 2.16. The van der Waals surface area contributed by atoms with Crippen molar-refractivity contribution >= 4 is 33.2 Å². The summed E-state index contributed by atoms with van der Waals surface area (Å²) in [5, 5.41) is 9.48. The van der Waals surface area contributed by atoms with Gasteiger partial charge in [-0.05, 0) is 57.0 Å². The summed E-state index contributed by atoms with van der Waals surface area (Å²) in [6.45, 7) is 9.32. The molecule has 0 radical (unpaired) electrons. The third-order valence-electron chi connectivity index (χ3n) is 6.12. The normalized spacial score (nSPS) is 15.8. The van der Waals surface area contributed by atoms with Gasteiger partial charge in [0, 0.05) is 31.9 Å². The average molecular weight is 466 g/mol. The molecule has 1 aliphatic rings. The highest BCUT2D eigenvalue weighted by atomic mass is 32.1. The van der Waals surface area contributed by atoms with Gasteiger partial charge in [0.2, 0.25) is 0 Å². The first-order valence-electron chi connectivity index (χ1n) is 11.1. The number of esters is 1. The molecule has 3 aromatic rings. The number of aromatic amines is 1. The Balaban J connectivity index is 1.54. The number of aromatic nitrogens is 2. The SMILES string of the molecule is CCOC(=O)c1sc2nc(C(C)N3CCCN(c4ccc(C#N)cc4)CC3)[nH]c(=O)c2c1C. The molecule has 0 amide bonds. The van der Waals surface area contributed by atoms with E-state index in [1.54, 1.807) is 13.8 Å². The van der Waals surface area contributed by atoms with E-state index in [9.17, 15) is 9.59 Å². The van der Waals surface area contributed by atoms with Gasteiger partial charge in [0.1, 0.15) is 15.5 Å². The summed E-state index contributed by atoms with van der Waals surface area (Å²) < 4.78 is 5.13. The zero-order valence-corrected chi connectivity index (χ0v) is 19.9. The molecule has 1 unspecified atom stereocenters. The summed E-state index contributed by atoms with van der Waals surface area (Å²) >= 11 is 1.21. The molecule has 0 bridgehead atoms. The Labute approximate surface area is 196 Å². The molecule has 0 aliphatic carbocycles. The Morgan fingerprint density at radius 2 is 2.03 bits per heavy atom. The number of ether oxygens (including phenoxy) is 1. The average Bonchev–Trinajstić information content (AvgIpc) is 2.99. The minimum absolute atomic E-state index is 0.0727. The second kappa shape index (κ2) is 9.73. The van der Waals surface area contributed by atoms with Gasteiger partial charge in [0.05, 0.1) is 29.7 Å². The van der Waals surface area contributed by atoms with Crippen LogP contribution in [0.2, 0.25) is 0 Å². The highest BCUT2D eigenvalue weighted by Gasteiger charge is 2.25. The molecule has 33 heavy (non-hydrogen) atoms. The van der Waals surface area contributed by atoms with E-state index in [1.807, 2.05) is 31.2 Å². The van der Waals surface area contributed by atoms with Gasteiger partial charge in [-0.15, -0.1) is 11.3 Å². The van der Waals surface area contributed by atoms with Crippen molar-refractivity contribution in [2.45, 2.75) is 33.2 Å². The van der Waals surface area contributed by atoms with Gasteiger partial charge >= 0.3 is 5.97 Å². The van der Waals surface area contributed by atoms with Crippen molar-refractivity contribution < 1.29 is 9.53 Å². The lowest BCUT2D eigenvalue weighted by molar-refractivity contribution is 0.0531. The molecule has 0 saturated carbocycles. The van der Waals surface area contributed by atoms with E-state index in [0.29, 0.717) is 32.0 Å². The molecular weight excluding hydrogens is 438 g/mol. The van der Waals surface area contributed by atoms with Crippen LogP contribution in [-0.2, 0) is 4.74 Å². The Kier molecular flexibility index (Phi) is 6.77. The smallest absolute Gasteiger partial charge is 0.348 e. The maximum atomic E-state index is 12.9. The van der Waals surface area contributed by atoms with Gasteiger partial charge in [-0.1, -0.05) is 0 Å². The van der Waals surface area contributed by atoms with Crippen LogP contribution >= 0.6 is 11.3 Å². The van der Waals surface area contributed by atoms with E-state index in [4.69, 9.17) is 15.0 Å². The number of fused-ring (bicyclic) bond motifs is 1. The zero-order chi connectivity index (χ0) is 23.5. The number of H-pyrrole nitrogens is 1. The second-order valence-corrected chi connectivity index (χ2v) is 9.12. The number of aryl methyl sites for hydroxylation is 1. The maximum absolute atomic E-state index is 12.9. The first-order valence-corrected chi connectivity index (χ1v) is 11.9. The van der Waals surface area contributed by atoms with E-state index in [-0.39, 0.29) is 18.2 Å². The standard InChI is InChI=1S/C24H27N5O3S/c1-4-32-24(31)20-15(2)19-22(30)26-21(27-23(19)33-20)16(3)28-10-5-11-29(13-12-28)18-8-6-17(14-25)7-9-18/h6-9,16H,4-5,10-13H2,1-3H3,(H,26,27,30). The van der Waals surface area contributed by atoms with Crippen molar-refractivity contribution in [3.05, 3.63) is 56.4 Å². The van der Waals surface area contributed by atoms with Crippen LogP contribution in [-0.4, -0.2) is 53.6 Å². The summed E-state index contributed by atoms with van der Waals surface area (Å²) in [6, 6.07) is 9.76. The first kappa shape index (κ1) is 23.0. The molecule has 9 heteroatoms. The summed E-state index contributed by atoms with van der Waals surface area (Å²) in [5.74, 6) is 0.193. The molecule has 1 atom stereocenters. The Hall–Kier alpha value is -3.22. The lowest BCUT2D eigenvalue weighted by Gasteiger charge is -2.27. The number of hydrogen-bond acceptors (Lipinski definition) is 8. The minimum atomic E-state index is -0.414. The number of anilines is 1. The van der Waals surface area contributed by atoms with Crippen molar-refractivity contribution in [2.75, 3.05) is 37.7 Å². The van der Waals surface area contributed by atoms with Crippen LogP contribution in [0.4, 0.5) is 5.69 Å². The van der Waals surface area contributed by atoms with Crippen LogP contribution in [0.25, 0.3) is 10.2 Å². The van der Waals surface area contributed by atoms with Gasteiger partial charge in [-0.25, -0.2) is 9.78 Å². The Morgan fingerprint density at radius 3 is 2.73 bits per heavy atom. The number of hydrogen-bond donors (Lipinski definition) is 1. The third-order valence-corrected chi connectivity index (χ3v) is 7.28. The molecule has 2 aromatic heterocycles. The summed E-state index contributed by atoms with van der Waals surface area (Å²) in [7, 11) is 0. The number of thiophene rings is 1. The van der Waals surface area contributed by atoms with E-state index in [2.05, 4.69) is 20.9 Å². The first-order chi connectivity index (χ1) is 15.9. The van der Waals surface area contributed by atoms with Gasteiger partial charge in [-0.2, -0.15) is 5.26 Å². The molecule has 0 spiro atoms. The Morgan fingerprint density at radius 1 is 1.27 bits per heavy atom. The van der Waals surface area contributed by atoms with Gasteiger partial charge < -0.3 is 14.6 Å². The summed E-state index contributed by atoms with van der Waals surface area (Å²) in [6.07, 6.45) is 0.974. The predicted molar refractivity (Wildman–Crippen MR) is 129 cm³/mol. The molecule has 1 aromatic carbocycles. The zero-order valence-electron chi connectivity index (χ0n) is 19.1. The molecule has 172 valence electrons. The predicted octanol–water partition coefficient (Wildman–Crippen LogP) is 3.61. The number of nitrogens with zero attached hydrogens (tertiary/aromatic N) is 4. The highest BCUT2D eigenvalue weighted by molar-refractivity contribution is 7.20. The van der Waals surface area contributed by atoms with Crippen LogP contribution in [0.1, 0.15) is 52.9 Å². The lowest BCUT2D eigenvalue weighted by atomic mass is 10.2. The lowest BCUT2D eigenvalue weighted by Crippen LogP contribution is -2.34. The van der Waals surface area contributed by atoms with Gasteiger partial charge in [0.15, 0.2) is 0 Å². The second-order valence-electron chi connectivity index (χ2n) is 8.12. The molecule has 4 rings (SSSR count). The van der Waals surface area contributed by atoms with Gasteiger partial charge in [0.25, 0.3) is 5.56 Å². The number of nitrogens with one attached hydrogen (secondary N) is 1. The van der Waals surface area contributed by atoms with Crippen LogP contribution in [0.3, 0.4) is 0 Å². The van der Waals surface area contributed by atoms with Gasteiger partial charge in [-0.3, -0.25) is 9.69 Å². The Bertz CT molecular complexity index is 1260. The number of nitriles is 1. The van der Waals surface area contributed by atoms with Crippen LogP contribution in [0.5, 0.6) is 0 Å². The third kappa shape index (κ3) is 4.63. The van der Waals surface area contributed by atoms with Crippen molar-refractivity contribution in [1.29, 1.82) is 5.26 Å². The maximum Gasteiger partial charge on any atom is 0.348 e. The van der Waals surface area contributed by atoms with Crippen molar-refractivity contribution in [2.24, 2.45) is 0 Å². The number of carbonyl (C=O) groups is 1. The molecule has 1 N–H and O–H groups in total. The minimum Gasteiger partial charge on any atom is -0.462 e. The molecule has 3 heterocycles. The van der Waals surface area contributed by atoms with E-state index in [1.165, 1.54) is 11.3 Å². The monoisotopic (exact) mass is 465 g/mol. The van der Waals surface area contributed by atoms with E-state index < -0.39 is 5.97 Å². The highest BCUT2D eigenvalue weighted by Crippen LogP contribution is 2.29. The molecule has 1 fully saturated rings. The van der Waals surface area contributed by atoms with Crippen molar-refractivity contribution in [1.82, 2.24) is 14.9 Å².